The lowest BCUT2D eigenvalue weighted by Crippen LogP contribution is -2.37. The van der Waals surface area contributed by atoms with Gasteiger partial charge in [-0.05, 0) is 12.1 Å². The first-order valence-corrected chi connectivity index (χ1v) is 5.99. The Hall–Kier alpha value is -1.50. The number of benzene rings is 1. The van der Waals surface area contributed by atoms with Gasteiger partial charge >= 0.3 is 0 Å². The first-order valence-electron chi connectivity index (χ1n) is 5.19. The average Bonchev–Trinajstić information content (AvgIpc) is 2.62. The highest BCUT2D eigenvalue weighted by Gasteiger charge is 2.26. The van der Waals surface area contributed by atoms with Crippen LogP contribution in [0.15, 0.2) is 16.6 Å². The van der Waals surface area contributed by atoms with E-state index in [1.165, 1.54) is 0 Å². The van der Waals surface area contributed by atoms with Crippen molar-refractivity contribution in [2.75, 3.05) is 6.54 Å². The van der Waals surface area contributed by atoms with E-state index in [-0.39, 0.29) is 23.3 Å². The normalized spacial score (nSPS) is 18.6. The maximum atomic E-state index is 13.5. The molecule has 1 fully saturated rings. The second-order valence-electron chi connectivity index (χ2n) is 3.92. The molecular weight excluding hydrogens is 310 g/mol. The molecule has 2 amide bonds. The van der Waals surface area contributed by atoms with Crippen LogP contribution in [0.25, 0.3) is 0 Å². The highest BCUT2D eigenvalue weighted by molar-refractivity contribution is 9.10. The molecule has 1 unspecified atom stereocenters. The topological polar surface area (TPSA) is 58.2 Å². The monoisotopic (exact) mass is 318 g/mol. The van der Waals surface area contributed by atoms with Crippen LogP contribution in [0.4, 0.5) is 8.78 Å². The number of carbonyl (C=O) groups excluding carboxylic acids is 2. The Morgan fingerprint density at radius 1 is 1.39 bits per heavy atom. The summed E-state index contributed by atoms with van der Waals surface area (Å²) in [5.74, 6) is -2.95. The molecule has 0 bridgehead atoms. The molecule has 1 atom stereocenters. The van der Waals surface area contributed by atoms with Gasteiger partial charge < -0.3 is 10.6 Å². The summed E-state index contributed by atoms with van der Waals surface area (Å²) in [6.45, 7) is 0.268. The molecule has 18 heavy (non-hydrogen) atoms. The molecule has 1 aromatic rings. The third-order valence-electron chi connectivity index (χ3n) is 2.55. The molecule has 4 nitrogen and oxygen atoms in total. The van der Waals surface area contributed by atoms with Crippen molar-refractivity contribution in [3.8, 4) is 0 Å². The number of amides is 2. The Balaban J connectivity index is 2.16. The lowest BCUT2D eigenvalue weighted by atomic mass is 10.1. The van der Waals surface area contributed by atoms with E-state index in [9.17, 15) is 18.4 Å². The molecule has 1 saturated heterocycles. The van der Waals surface area contributed by atoms with Crippen LogP contribution in [0.2, 0.25) is 0 Å². The maximum absolute atomic E-state index is 13.5. The number of halogens is 3. The van der Waals surface area contributed by atoms with Gasteiger partial charge in [-0.1, -0.05) is 15.9 Å². The van der Waals surface area contributed by atoms with Crippen molar-refractivity contribution >= 4 is 27.7 Å². The number of nitrogens with one attached hydrogen (secondary N) is 2. The van der Waals surface area contributed by atoms with E-state index in [2.05, 4.69) is 26.6 Å². The van der Waals surface area contributed by atoms with Gasteiger partial charge in [0.05, 0.1) is 6.04 Å². The molecule has 0 spiro atoms. The van der Waals surface area contributed by atoms with Gasteiger partial charge in [-0.2, -0.15) is 0 Å². The molecule has 7 heteroatoms. The van der Waals surface area contributed by atoms with Crippen LogP contribution in [-0.2, 0) is 4.79 Å². The lowest BCUT2D eigenvalue weighted by molar-refractivity contribution is -0.119. The van der Waals surface area contributed by atoms with Crippen LogP contribution in [0.3, 0.4) is 0 Å². The predicted octanol–water partition coefficient (Wildman–Crippen LogP) is 1.35. The Morgan fingerprint density at radius 3 is 2.50 bits per heavy atom. The number of rotatable bonds is 2. The molecule has 1 aliphatic rings. The summed E-state index contributed by atoms with van der Waals surface area (Å²) in [5.41, 5.74) is -0.641. The summed E-state index contributed by atoms with van der Waals surface area (Å²) in [4.78, 5) is 22.6. The number of hydrogen-bond donors (Lipinski definition) is 2. The Bertz CT molecular complexity index is 499. The van der Waals surface area contributed by atoms with Gasteiger partial charge in [-0.25, -0.2) is 8.78 Å². The molecule has 1 aliphatic heterocycles. The van der Waals surface area contributed by atoms with E-state index in [1.54, 1.807) is 0 Å². The third-order valence-corrected chi connectivity index (χ3v) is 3.00. The fourth-order valence-electron chi connectivity index (χ4n) is 1.72. The van der Waals surface area contributed by atoms with Crippen molar-refractivity contribution in [3.63, 3.8) is 0 Å². The average molecular weight is 319 g/mol. The van der Waals surface area contributed by atoms with E-state index in [4.69, 9.17) is 0 Å². The van der Waals surface area contributed by atoms with E-state index < -0.39 is 29.1 Å². The molecule has 0 radical (unpaired) electrons. The quantitative estimate of drug-likeness (QED) is 0.864. The smallest absolute Gasteiger partial charge is 0.257 e. The second-order valence-corrected chi connectivity index (χ2v) is 4.84. The molecule has 0 aliphatic carbocycles. The van der Waals surface area contributed by atoms with Gasteiger partial charge in [-0.15, -0.1) is 0 Å². The Morgan fingerprint density at radius 2 is 2.00 bits per heavy atom. The van der Waals surface area contributed by atoms with Gasteiger partial charge in [0, 0.05) is 17.4 Å². The summed E-state index contributed by atoms with van der Waals surface area (Å²) in [5, 5.41) is 4.93. The van der Waals surface area contributed by atoms with Crippen LogP contribution < -0.4 is 10.6 Å². The first kappa shape index (κ1) is 12.9. The largest absolute Gasteiger partial charge is 0.354 e. The number of carbonyl (C=O) groups is 2. The minimum atomic E-state index is -0.948. The van der Waals surface area contributed by atoms with Crippen molar-refractivity contribution in [2.24, 2.45) is 0 Å². The van der Waals surface area contributed by atoms with Crippen molar-refractivity contribution in [2.45, 2.75) is 12.5 Å². The molecule has 0 aromatic heterocycles. The molecular formula is C11H9BrF2N2O2. The van der Waals surface area contributed by atoms with Crippen LogP contribution in [0, 0.1) is 11.6 Å². The van der Waals surface area contributed by atoms with Crippen molar-refractivity contribution in [1.29, 1.82) is 0 Å². The number of hydrogen-bond acceptors (Lipinski definition) is 2. The van der Waals surface area contributed by atoms with Gasteiger partial charge in [0.2, 0.25) is 5.91 Å². The standard InChI is InChI=1S/C11H9BrF2N2O2/c12-5-1-7(13)10(8(14)2-5)11(18)16-6-3-9(17)15-4-6/h1-2,6H,3-4H2,(H,15,17)(H,16,18). The van der Waals surface area contributed by atoms with Gasteiger partial charge in [0.25, 0.3) is 5.91 Å². The van der Waals surface area contributed by atoms with Gasteiger partial charge in [0.15, 0.2) is 0 Å². The molecule has 2 N–H and O–H groups in total. The van der Waals surface area contributed by atoms with Crippen molar-refractivity contribution in [1.82, 2.24) is 10.6 Å². The fourth-order valence-corrected chi connectivity index (χ4v) is 2.13. The highest BCUT2D eigenvalue weighted by atomic mass is 79.9. The summed E-state index contributed by atoms with van der Waals surface area (Å²) >= 11 is 2.93. The zero-order chi connectivity index (χ0) is 13.3. The SMILES string of the molecule is O=C1CC(NC(=O)c2c(F)cc(Br)cc2F)CN1. The maximum Gasteiger partial charge on any atom is 0.257 e. The van der Waals surface area contributed by atoms with Crippen molar-refractivity contribution < 1.29 is 18.4 Å². The molecule has 1 aromatic carbocycles. The van der Waals surface area contributed by atoms with Gasteiger partial charge in [-0.3, -0.25) is 9.59 Å². The van der Waals surface area contributed by atoms with Crippen LogP contribution >= 0.6 is 15.9 Å². The van der Waals surface area contributed by atoms with E-state index in [1.807, 2.05) is 0 Å². The second kappa shape index (κ2) is 5.01. The van der Waals surface area contributed by atoms with E-state index in [0.29, 0.717) is 0 Å². The molecule has 1 heterocycles. The van der Waals surface area contributed by atoms with Crippen LogP contribution in [0.1, 0.15) is 16.8 Å². The first-order chi connectivity index (χ1) is 8.47. The third kappa shape index (κ3) is 2.66. The van der Waals surface area contributed by atoms with Crippen LogP contribution in [-0.4, -0.2) is 24.4 Å². The summed E-state index contributed by atoms with van der Waals surface area (Å²) in [7, 11) is 0. The zero-order valence-electron chi connectivity index (χ0n) is 9.10. The molecule has 2 rings (SSSR count). The lowest BCUT2D eigenvalue weighted by Gasteiger charge is -2.11. The fraction of sp³-hybridized carbons (Fsp3) is 0.273. The zero-order valence-corrected chi connectivity index (χ0v) is 10.7. The van der Waals surface area contributed by atoms with Crippen molar-refractivity contribution in [3.05, 3.63) is 33.8 Å². The molecule has 0 saturated carbocycles. The van der Waals surface area contributed by atoms with Gasteiger partial charge in [0.1, 0.15) is 17.2 Å². The summed E-state index contributed by atoms with van der Waals surface area (Å²) in [6.07, 6.45) is 0.117. The highest BCUT2D eigenvalue weighted by Crippen LogP contribution is 2.19. The molecule has 96 valence electrons. The summed E-state index contributed by atoms with van der Waals surface area (Å²) in [6, 6.07) is 1.58. The minimum Gasteiger partial charge on any atom is -0.354 e. The minimum absolute atomic E-state index is 0.117. The van der Waals surface area contributed by atoms with Crippen LogP contribution in [0.5, 0.6) is 0 Å². The van der Waals surface area contributed by atoms with E-state index >= 15 is 0 Å². The van der Waals surface area contributed by atoms with E-state index in [0.717, 1.165) is 12.1 Å². The Labute approximate surface area is 110 Å². The summed E-state index contributed by atoms with van der Waals surface area (Å²) < 4.78 is 27.2. The Kier molecular flexibility index (Phi) is 3.60. The predicted molar refractivity (Wildman–Crippen MR) is 62.9 cm³/mol.